The fourth-order valence-electron chi connectivity index (χ4n) is 2.36. The molecule has 0 aliphatic carbocycles. The lowest BCUT2D eigenvalue weighted by molar-refractivity contribution is -0.119. The number of carbonyl (C=O) groups excluding carboxylic acids is 2. The molecule has 1 aliphatic heterocycles. The normalized spacial score (nSPS) is 17.3. The summed E-state index contributed by atoms with van der Waals surface area (Å²) in [7, 11) is 0. The SMILES string of the molecule is Cc1ccc(NC(=O)[C@H]2CSCN2C(=O)c2scnc2C)cc1. The number of hydrogen-bond donors (Lipinski definition) is 1. The van der Waals surface area contributed by atoms with E-state index in [1.54, 1.807) is 22.2 Å². The summed E-state index contributed by atoms with van der Waals surface area (Å²) in [5.41, 5.74) is 4.26. The molecule has 2 amide bonds. The van der Waals surface area contributed by atoms with Gasteiger partial charge in [-0.15, -0.1) is 23.1 Å². The maximum absolute atomic E-state index is 12.6. The van der Waals surface area contributed by atoms with Crippen LogP contribution in [0, 0.1) is 13.8 Å². The van der Waals surface area contributed by atoms with E-state index >= 15 is 0 Å². The third-order valence-electron chi connectivity index (χ3n) is 3.70. The average Bonchev–Trinajstić information content (AvgIpc) is 3.17. The Bertz CT molecular complexity index is 727. The minimum Gasteiger partial charge on any atom is -0.324 e. The van der Waals surface area contributed by atoms with E-state index in [1.807, 2.05) is 38.1 Å². The average molecular weight is 347 g/mol. The van der Waals surface area contributed by atoms with Gasteiger partial charge in [-0.3, -0.25) is 9.59 Å². The van der Waals surface area contributed by atoms with Gasteiger partial charge in [-0.2, -0.15) is 0 Å². The molecule has 5 nitrogen and oxygen atoms in total. The van der Waals surface area contributed by atoms with Crippen molar-refractivity contribution in [2.75, 3.05) is 16.9 Å². The van der Waals surface area contributed by atoms with Crippen LogP contribution >= 0.6 is 23.1 Å². The molecule has 0 spiro atoms. The summed E-state index contributed by atoms with van der Waals surface area (Å²) in [5.74, 6) is 0.886. The molecule has 0 radical (unpaired) electrons. The zero-order chi connectivity index (χ0) is 16.4. The first kappa shape index (κ1) is 16.0. The Balaban J connectivity index is 1.73. The lowest BCUT2D eigenvalue weighted by Gasteiger charge is -2.22. The minimum absolute atomic E-state index is 0.112. The van der Waals surface area contributed by atoms with Crippen molar-refractivity contribution in [1.82, 2.24) is 9.88 Å². The molecule has 2 aromatic rings. The van der Waals surface area contributed by atoms with Gasteiger partial charge in [0.25, 0.3) is 5.91 Å². The van der Waals surface area contributed by atoms with Crippen LogP contribution in [0.2, 0.25) is 0 Å². The summed E-state index contributed by atoms with van der Waals surface area (Å²) in [6.07, 6.45) is 0. The van der Waals surface area contributed by atoms with E-state index in [9.17, 15) is 9.59 Å². The predicted molar refractivity (Wildman–Crippen MR) is 93.9 cm³/mol. The summed E-state index contributed by atoms with van der Waals surface area (Å²) >= 11 is 2.91. The third kappa shape index (κ3) is 3.40. The Morgan fingerprint density at radius 1 is 1.26 bits per heavy atom. The number of hydrogen-bond acceptors (Lipinski definition) is 5. The minimum atomic E-state index is -0.449. The maximum atomic E-state index is 12.6. The van der Waals surface area contributed by atoms with E-state index in [1.165, 1.54) is 11.3 Å². The molecule has 1 saturated heterocycles. The molecular formula is C16H17N3O2S2. The van der Waals surface area contributed by atoms with Crippen molar-refractivity contribution in [3.63, 3.8) is 0 Å². The lowest BCUT2D eigenvalue weighted by Crippen LogP contribution is -2.44. The van der Waals surface area contributed by atoms with Gasteiger partial charge < -0.3 is 10.2 Å². The monoisotopic (exact) mass is 347 g/mol. The number of nitrogens with zero attached hydrogens (tertiary/aromatic N) is 2. The fraction of sp³-hybridized carbons (Fsp3) is 0.312. The maximum Gasteiger partial charge on any atom is 0.267 e. The largest absolute Gasteiger partial charge is 0.324 e. The molecule has 1 aromatic heterocycles. The van der Waals surface area contributed by atoms with Gasteiger partial charge in [-0.1, -0.05) is 17.7 Å². The van der Waals surface area contributed by atoms with E-state index in [0.29, 0.717) is 16.5 Å². The van der Waals surface area contributed by atoms with Gasteiger partial charge in [0.15, 0.2) is 0 Å². The van der Waals surface area contributed by atoms with Crippen molar-refractivity contribution in [3.8, 4) is 0 Å². The Hall–Kier alpha value is -1.86. The van der Waals surface area contributed by atoms with Crippen molar-refractivity contribution in [2.24, 2.45) is 0 Å². The number of amides is 2. The number of carbonyl (C=O) groups is 2. The van der Waals surface area contributed by atoms with E-state index in [0.717, 1.165) is 16.9 Å². The van der Waals surface area contributed by atoms with Gasteiger partial charge in [0.2, 0.25) is 5.91 Å². The molecule has 3 rings (SSSR count). The Kier molecular flexibility index (Phi) is 4.68. The van der Waals surface area contributed by atoms with Crippen LogP contribution in [-0.4, -0.2) is 39.4 Å². The molecule has 0 saturated carbocycles. The summed E-state index contributed by atoms with van der Waals surface area (Å²) in [6.45, 7) is 3.81. The van der Waals surface area contributed by atoms with Crippen LogP contribution < -0.4 is 5.32 Å². The fourth-order valence-corrected chi connectivity index (χ4v) is 4.27. The first-order chi connectivity index (χ1) is 11.1. The first-order valence-corrected chi connectivity index (χ1v) is 9.26. The highest BCUT2D eigenvalue weighted by Gasteiger charge is 2.36. The second-order valence-electron chi connectivity index (χ2n) is 5.41. The van der Waals surface area contributed by atoms with Crippen LogP contribution in [0.1, 0.15) is 20.9 Å². The highest BCUT2D eigenvalue weighted by Crippen LogP contribution is 2.26. The number of benzene rings is 1. The lowest BCUT2D eigenvalue weighted by atomic mass is 10.2. The molecule has 1 atom stereocenters. The van der Waals surface area contributed by atoms with Crippen molar-refractivity contribution in [1.29, 1.82) is 0 Å². The number of anilines is 1. The standard InChI is InChI=1S/C16H17N3O2S2/c1-10-3-5-12(6-4-10)18-15(20)13-7-22-9-19(13)16(21)14-11(2)17-8-23-14/h3-6,8,13H,7,9H2,1-2H3,(H,18,20)/t13-/m1/s1. The molecule has 7 heteroatoms. The van der Waals surface area contributed by atoms with E-state index in [4.69, 9.17) is 0 Å². The predicted octanol–water partition coefficient (Wildman–Crippen LogP) is 2.91. The number of thiazole rings is 1. The summed E-state index contributed by atoms with van der Waals surface area (Å²) in [4.78, 5) is 31.5. The van der Waals surface area contributed by atoms with Crippen LogP contribution in [-0.2, 0) is 4.79 Å². The topological polar surface area (TPSA) is 62.3 Å². The zero-order valence-corrected chi connectivity index (χ0v) is 14.5. The van der Waals surface area contributed by atoms with Crippen LogP contribution in [0.3, 0.4) is 0 Å². The van der Waals surface area contributed by atoms with Gasteiger partial charge >= 0.3 is 0 Å². The third-order valence-corrected chi connectivity index (χ3v) is 5.63. The Labute approximate surface area is 143 Å². The highest BCUT2D eigenvalue weighted by atomic mass is 32.2. The van der Waals surface area contributed by atoms with Crippen LogP contribution in [0.4, 0.5) is 5.69 Å². The number of rotatable bonds is 3. The quantitative estimate of drug-likeness (QED) is 0.927. The smallest absolute Gasteiger partial charge is 0.267 e. The second-order valence-corrected chi connectivity index (χ2v) is 7.27. The van der Waals surface area contributed by atoms with E-state index < -0.39 is 6.04 Å². The molecule has 23 heavy (non-hydrogen) atoms. The van der Waals surface area contributed by atoms with Crippen molar-refractivity contribution in [3.05, 3.63) is 45.9 Å². The van der Waals surface area contributed by atoms with Crippen molar-refractivity contribution < 1.29 is 9.59 Å². The molecule has 1 N–H and O–H groups in total. The molecule has 1 aromatic carbocycles. The second kappa shape index (κ2) is 6.72. The Morgan fingerprint density at radius 2 is 2.00 bits per heavy atom. The van der Waals surface area contributed by atoms with E-state index in [2.05, 4.69) is 10.3 Å². The summed E-state index contributed by atoms with van der Waals surface area (Å²) in [5, 5.41) is 2.90. The molecule has 1 aliphatic rings. The van der Waals surface area contributed by atoms with Gasteiger partial charge in [-0.05, 0) is 26.0 Å². The molecule has 1 fully saturated rings. The van der Waals surface area contributed by atoms with Gasteiger partial charge in [0.1, 0.15) is 10.9 Å². The van der Waals surface area contributed by atoms with Crippen molar-refractivity contribution in [2.45, 2.75) is 19.9 Å². The molecule has 0 bridgehead atoms. The summed E-state index contributed by atoms with van der Waals surface area (Å²) < 4.78 is 0. The van der Waals surface area contributed by atoms with Crippen LogP contribution in [0.25, 0.3) is 0 Å². The summed E-state index contributed by atoms with van der Waals surface area (Å²) in [6, 6.07) is 7.19. The van der Waals surface area contributed by atoms with Gasteiger partial charge in [0.05, 0.1) is 17.1 Å². The van der Waals surface area contributed by atoms with Crippen LogP contribution in [0.15, 0.2) is 29.8 Å². The molecule has 2 heterocycles. The van der Waals surface area contributed by atoms with Gasteiger partial charge in [-0.25, -0.2) is 4.98 Å². The first-order valence-electron chi connectivity index (χ1n) is 7.22. The Morgan fingerprint density at radius 3 is 2.65 bits per heavy atom. The highest BCUT2D eigenvalue weighted by molar-refractivity contribution is 7.99. The number of nitrogens with one attached hydrogen (secondary N) is 1. The van der Waals surface area contributed by atoms with Gasteiger partial charge in [0, 0.05) is 11.4 Å². The number of aryl methyl sites for hydroxylation is 2. The van der Waals surface area contributed by atoms with Crippen molar-refractivity contribution >= 4 is 40.6 Å². The van der Waals surface area contributed by atoms with Crippen LogP contribution in [0.5, 0.6) is 0 Å². The molecule has 120 valence electrons. The number of aromatic nitrogens is 1. The molecular weight excluding hydrogens is 330 g/mol. The number of thioether (sulfide) groups is 1. The molecule has 0 unspecified atom stereocenters. The van der Waals surface area contributed by atoms with E-state index in [-0.39, 0.29) is 11.8 Å². The zero-order valence-electron chi connectivity index (χ0n) is 12.9.